The monoisotopic (exact) mass is 502 g/mol. The standard InChI is InChI=1S/C28H38O6S/c1-27(2,3)21-13-17(7-9-23(21)29)11-19(25(31)32)15-35-16-20(26(33)34)12-18-8-10-24(30)22(14-18)28(4,5)6/h7-10,13-14,19-20,29-30H,11-12,15-16H2,1-6H3,(H,31,32)(H,33,34). The van der Waals surface area contributed by atoms with E-state index in [4.69, 9.17) is 0 Å². The Morgan fingerprint density at radius 2 is 1.06 bits per heavy atom. The first-order valence-electron chi connectivity index (χ1n) is 11.8. The van der Waals surface area contributed by atoms with Crippen LogP contribution < -0.4 is 0 Å². The van der Waals surface area contributed by atoms with Gasteiger partial charge in [0.25, 0.3) is 0 Å². The minimum Gasteiger partial charge on any atom is -0.508 e. The highest BCUT2D eigenvalue weighted by Gasteiger charge is 2.25. The number of aliphatic carboxylic acids is 2. The number of hydrogen-bond acceptors (Lipinski definition) is 5. The summed E-state index contributed by atoms with van der Waals surface area (Å²) in [7, 11) is 0. The third-order valence-electron chi connectivity index (χ3n) is 6.04. The van der Waals surface area contributed by atoms with Gasteiger partial charge in [-0.05, 0) is 58.1 Å². The van der Waals surface area contributed by atoms with Crippen molar-refractivity contribution >= 4 is 23.7 Å². The molecule has 0 radical (unpaired) electrons. The van der Waals surface area contributed by atoms with Crippen molar-refractivity contribution in [2.75, 3.05) is 11.5 Å². The number of hydrogen-bond donors (Lipinski definition) is 4. The number of thioether (sulfide) groups is 1. The molecule has 0 amide bonds. The molecule has 0 saturated heterocycles. The summed E-state index contributed by atoms with van der Waals surface area (Å²) in [6.07, 6.45) is 0.604. The van der Waals surface area contributed by atoms with E-state index < -0.39 is 23.8 Å². The molecule has 2 aromatic rings. The maximum Gasteiger partial charge on any atom is 0.307 e. The fourth-order valence-corrected chi connectivity index (χ4v) is 5.20. The van der Waals surface area contributed by atoms with Gasteiger partial charge >= 0.3 is 11.9 Å². The number of rotatable bonds is 10. The Morgan fingerprint density at radius 3 is 1.34 bits per heavy atom. The van der Waals surface area contributed by atoms with Crippen LogP contribution in [0.1, 0.15) is 63.8 Å². The van der Waals surface area contributed by atoms with E-state index in [1.807, 2.05) is 53.7 Å². The van der Waals surface area contributed by atoms with Gasteiger partial charge in [0, 0.05) is 11.5 Å². The lowest BCUT2D eigenvalue weighted by atomic mass is 9.84. The van der Waals surface area contributed by atoms with E-state index in [-0.39, 0.29) is 33.8 Å². The van der Waals surface area contributed by atoms with Crippen LogP contribution in [0.15, 0.2) is 36.4 Å². The second kappa shape index (κ2) is 11.4. The molecule has 0 bridgehead atoms. The van der Waals surface area contributed by atoms with E-state index in [1.165, 1.54) is 11.8 Å². The zero-order valence-electron chi connectivity index (χ0n) is 21.5. The third-order valence-corrected chi connectivity index (χ3v) is 7.31. The van der Waals surface area contributed by atoms with E-state index in [9.17, 15) is 30.0 Å². The second-order valence-electron chi connectivity index (χ2n) is 11.2. The molecule has 2 atom stereocenters. The van der Waals surface area contributed by atoms with Gasteiger partial charge in [0.05, 0.1) is 11.8 Å². The van der Waals surface area contributed by atoms with Crippen molar-refractivity contribution in [3.05, 3.63) is 58.7 Å². The van der Waals surface area contributed by atoms with Gasteiger partial charge in [-0.3, -0.25) is 9.59 Å². The van der Waals surface area contributed by atoms with Crippen LogP contribution in [0.2, 0.25) is 0 Å². The predicted molar refractivity (Wildman–Crippen MR) is 141 cm³/mol. The molecule has 192 valence electrons. The molecule has 6 nitrogen and oxygen atoms in total. The van der Waals surface area contributed by atoms with Crippen molar-refractivity contribution in [3.8, 4) is 11.5 Å². The zero-order valence-corrected chi connectivity index (χ0v) is 22.3. The van der Waals surface area contributed by atoms with Gasteiger partial charge in [-0.1, -0.05) is 65.8 Å². The van der Waals surface area contributed by atoms with E-state index in [0.717, 1.165) is 22.3 Å². The molecule has 35 heavy (non-hydrogen) atoms. The van der Waals surface area contributed by atoms with Crippen LogP contribution in [0.5, 0.6) is 11.5 Å². The molecule has 0 aliphatic rings. The molecule has 0 fully saturated rings. The Bertz CT molecular complexity index is 965. The second-order valence-corrected chi connectivity index (χ2v) is 12.3. The lowest BCUT2D eigenvalue weighted by Crippen LogP contribution is -2.23. The maximum absolute atomic E-state index is 11.9. The number of benzene rings is 2. The number of phenols is 2. The van der Waals surface area contributed by atoms with Gasteiger partial charge in [-0.2, -0.15) is 11.8 Å². The topological polar surface area (TPSA) is 115 Å². The summed E-state index contributed by atoms with van der Waals surface area (Å²) in [4.78, 5) is 23.8. The van der Waals surface area contributed by atoms with Crippen LogP contribution in [0.25, 0.3) is 0 Å². The summed E-state index contributed by atoms with van der Waals surface area (Å²) < 4.78 is 0. The Hall–Kier alpha value is -2.67. The summed E-state index contributed by atoms with van der Waals surface area (Å²) in [5.41, 5.74) is 2.64. The highest BCUT2D eigenvalue weighted by atomic mass is 32.2. The van der Waals surface area contributed by atoms with Crippen molar-refractivity contribution in [3.63, 3.8) is 0 Å². The smallest absolute Gasteiger partial charge is 0.307 e. The summed E-state index contributed by atoms with van der Waals surface area (Å²) in [5.74, 6) is -2.25. The number of carboxylic acids is 2. The van der Waals surface area contributed by atoms with E-state index in [1.54, 1.807) is 24.3 Å². The average molecular weight is 503 g/mol. The normalized spacial score (nSPS) is 13.9. The van der Waals surface area contributed by atoms with Crippen LogP contribution in [0, 0.1) is 11.8 Å². The van der Waals surface area contributed by atoms with E-state index >= 15 is 0 Å². The first-order chi connectivity index (χ1) is 16.1. The summed E-state index contributed by atoms with van der Waals surface area (Å²) in [6, 6.07) is 10.4. The Balaban J connectivity index is 2.08. The Kier molecular flexibility index (Phi) is 9.29. The molecule has 0 spiro atoms. The van der Waals surface area contributed by atoms with Crippen LogP contribution in [-0.4, -0.2) is 43.9 Å². The summed E-state index contributed by atoms with van der Waals surface area (Å²) in [6.45, 7) is 11.9. The molecule has 2 rings (SSSR count). The fourth-order valence-electron chi connectivity index (χ4n) is 3.98. The van der Waals surface area contributed by atoms with Gasteiger partial charge in [-0.25, -0.2) is 0 Å². The van der Waals surface area contributed by atoms with Crippen LogP contribution in [-0.2, 0) is 33.3 Å². The van der Waals surface area contributed by atoms with E-state index in [0.29, 0.717) is 12.8 Å². The predicted octanol–water partition coefficient (Wildman–Crippen LogP) is 5.61. The molecular weight excluding hydrogens is 464 g/mol. The number of carbonyl (C=O) groups is 2. The first-order valence-corrected chi connectivity index (χ1v) is 12.9. The molecule has 4 N–H and O–H groups in total. The molecule has 2 unspecified atom stereocenters. The maximum atomic E-state index is 11.9. The zero-order chi connectivity index (χ0) is 26.6. The van der Waals surface area contributed by atoms with E-state index in [2.05, 4.69) is 0 Å². The fraction of sp³-hybridized carbons (Fsp3) is 0.500. The highest BCUT2D eigenvalue weighted by Crippen LogP contribution is 2.33. The number of carboxylic acid groups (broad SMARTS) is 2. The average Bonchev–Trinajstić information content (AvgIpc) is 2.72. The third kappa shape index (κ3) is 8.20. The van der Waals surface area contributed by atoms with Crippen molar-refractivity contribution in [2.45, 2.75) is 65.2 Å². The van der Waals surface area contributed by atoms with Gasteiger partial charge in [0.1, 0.15) is 11.5 Å². The van der Waals surface area contributed by atoms with Gasteiger partial charge in [-0.15, -0.1) is 0 Å². The molecular formula is C28H38O6S. The molecule has 0 aliphatic heterocycles. The number of aromatic hydroxyl groups is 2. The summed E-state index contributed by atoms with van der Waals surface area (Å²) >= 11 is 1.33. The molecule has 0 aromatic heterocycles. The first kappa shape index (κ1) is 28.6. The lowest BCUT2D eigenvalue weighted by Gasteiger charge is -2.22. The molecule has 7 heteroatoms. The van der Waals surface area contributed by atoms with Crippen molar-refractivity contribution < 1.29 is 30.0 Å². The molecule has 0 aliphatic carbocycles. The quantitative estimate of drug-likeness (QED) is 0.334. The minimum absolute atomic E-state index is 0.190. The Morgan fingerprint density at radius 1 is 0.714 bits per heavy atom. The van der Waals surface area contributed by atoms with Gasteiger partial charge < -0.3 is 20.4 Å². The number of phenolic OH excluding ortho intramolecular Hbond substituents is 2. The summed E-state index contributed by atoms with van der Waals surface area (Å²) in [5, 5.41) is 39.9. The van der Waals surface area contributed by atoms with Crippen molar-refractivity contribution in [1.29, 1.82) is 0 Å². The van der Waals surface area contributed by atoms with Crippen molar-refractivity contribution in [2.24, 2.45) is 11.8 Å². The SMILES string of the molecule is CC(C)(C)c1cc(CC(CSCC(Cc2ccc(O)c(C(C)(C)C)c2)C(=O)O)C(=O)O)ccc1O. The van der Waals surface area contributed by atoms with Crippen molar-refractivity contribution in [1.82, 2.24) is 0 Å². The molecule has 2 aromatic carbocycles. The van der Waals surface area contributed by atoms with Crippen LogP contribution >= 0.6 is 11.8 Å². The highest BCUT2D eigenvalue weighted by molar-refractivity contribution is 7.99. The largest absolute Gasteiger partial charge is 0.508 e. The van der Waals surface area contributed by atoms with Crippen LogP contribution in [0.3, 0.4) is 0 Å². The lowest BCUT2D eigenvalue weighted by molar-refractivity contribution is -0.141. The molecule has 0 heterocycles. The Labute approximate surface area is 212 Å². The van der Waals surface area contributed by atoms with Gasteiger partial charge in [0.15, 0.2) is 0 Å². The molecule has 0 saturated carbocycles. The van der Waals surface area contributed by atoms with Crippen LogP contribution in [0.4, 0.5) is 0 Å². The minimum atomic E-state index is -0.928. The van der Waals surface area contributed by atoms with Gasteiger partial charge in [0.2, 0.25) is 0 Å².